The van der Waals surface area contributed by atoms with Crippen LogP contribution < -0.4 is 10.1 Å². The van der Waals surface area contributed by atoms with Gasteiger partial charge in [-0.1, -0.05) is 29.8 Å². The highest BCUT2D eigenvalue weighted by molar-refractivity contribution is 6.31. The van der Waals surface area contributed by atoms with Crippen molar-refractivity contribution in [2.75, 3.05) is 19.8 Å². The number of rotatable bonds is 7. The Morgan fingerprint density at radius 3 is 2.50 bits per heavy atom. The molecule has 0 saturated carbocycles. The van der Waals surface area contributed by atoms with Gasteiger partial charge in [0.2, 0.25) is 0 Å². The fraction of sp³-hybridized carbons (Fsp3) is 0.273. The number of amides is 2. The number of halogens is 2. The molecule has 1 atom stereocenters. The average molecular weight is 433 g/mol. The Balaban J connectivity index is 2.07. The summed E-state index contributed by atoms with van der Waals surface area (Å²) in [6.45, 7) is 3.89. The first-order valence-electron chi connectivity index (χ1n) is 9.57. The first-order chi connectivity index (χ1) is 14.5. The van der Waals surface area contributed by atoms with Gasteiger partial charge in [0, 0.05) is 11.6 Å². The lowest BCUT2D eigenvalue weighted by atomic mass is 9.94. The summed E-state index contributed by atoms with van der Waals surface area (Å²) in [7, 11) is 0. The molecule has 2 aromatic rings. The first-order valence-corrected chi connectivity index (χ1v) is 9.95. The number of hydrogen-bond donors (Lipinski definition) is 1. The smallest absolute Gasteiger partial charge is 0.338 e. The van der Waals surface area contributed by atoms with E-state index in [0.29, 0.717) is 28.6 Å². The highest BCUT2D eigenvalue weighted by Crippen LogP contribution is 2.35. The first kappa shape index (κ1) is 21.6. The minimum atomic E-state index is -0.792. The normalized spacial score (nSPS) is 16.3. The van der Waals surface area contributed by atoms with Gasteiger partial charge in [0.05, 0.1) is 23.9 Å². The third-order valence-electron chi connectivity index (χ3n) is 4.66. The zero-order valence-corrected chi connectivity index (χ0v) is 17.4. The van der Waals surface area contributed by atoms with Gasteiger partial charge < -0.3 is 14.8 Å². The summed E-state index contributed by atoms with van der Waals surface area (Å²) in [5.74, 6) is -0.554. The van der Waals surface area contributed by atoms with Crippen LogP contribution in [0.1, 0.15) is 25.5 Å². The molecule has 158 valence electrons. The van der Waals surface area contributed by atoms with Gasteiger partial charge in [-0.15, -0.1) is 0 Å². The average Bonchev–Trinajstić information content (AvgIpc) is 2.73. The Morgan fingerprint density at radius 2 is 1.87 bits per heavy atom. The van der Waals surface area contributed by atoms with Gasteiger partial charge in [-0.05, 0) is 49.7 Å². The van der Waals surface area contributed by atoms with Crippen LogP contribution in [0.15, 0.2) is 59.8 Å². The summed E-state index contributed by atoms with van der Waals surface area (Å²) < 4.78 is 24.2. The Hall–Kier alpha value is -3.06. The van der Waals surface area contributed by atoms with E-state index in [2.05, 4.69) is 5.32 Å². The second-order valence-corrected chi connectivity index (χ2v) is 6.88. The molecule has 3 rings (SSSR count). The van der Waals surface area contributed by atoms with E-state index in [9.17, 15) is 14.0 Å². The number of benzene rings is 2. The van der Waals surface area contributed by atoms with E-state index in [1.807, 2.05) is 0 Å². The molecule has 6 nitrogen and oxygen atoms in total. The molecular formula is C22H22ClFN2O4. The SMILES string of the molecule is CCOC(=O)C1=C(COc2ccc(F)cc2)N(CC)C(=O)NC1c1ccccc1Cl. The molecule has 1 heterocycles. The lowest BCUT2D eigenvalue weighted by Crippen LogP contribution is -2.49. The van der Waals surface area contributed by atoms with E-state index in [4.69, 9.17) is 21.1 Å². The number of urea groups is 1. The highest BCUT2D eigenvalue weighted by atomic mass is 35.5. The molecule has 0 aromatic heterocycles. The van der Waals surface area contributed by atoms with Gasteiger partial charge in [0.15, 0.2) is 0 Å². The Bertz CT molecular complexity index is 962. The zero-order valence-electron chi connectivity index (χ0n) is 16.7. The molecule has 0 fully saturated rings. The Morgan fingerprint density at radius 1 is 1.17 bits per heavy atom. The van der Waals surface area contributed by atoms with E-state index in [-0.39, 0.29) is 30.6 Å². The van der Waals surface area contributed by atoms with Crippen molar-refractivity contribution in [3.63, 3.8) is 0 Å². The van der Waals surface area contributed by atoms with Crippen LogP contribution in [0.4, 0.5) is 9.18 Å². The zero-order chi connectivity index (χ0) is 21.7. The number of esters is 1. The quantitative estimate of drug-likeness (QED) is 0.656. The number of nitrogens with zero attached hydrogens (tertiary/aromatic N) is 1. The maximum Gasteiger partial charge on any atom is 0.338 e. The number of hydrogen-bond acceptors (Lipinski definition) is 4. The van der Waals surface area contributed by atoms with Crippen molar-refractivity contribution in [2.45, 2.75) is 19.9 Å². The summed E-state index contributed by atoms with van der Waals surface area (Å²) in [6, 6.07) is 11.3. The Kier molecular flexibility index (Phi) is 6.95. The van der Waals surface area contributed by atoms with Crippen LogP contribution in [-0.4, -0.2) is 36.7 Å². The second-order valence-electron chi connectivity index (χ2n) is 6.47. The molecule has 8 heteroatoms. The van der Waals surface area contributed by atoms with E-state index in [1.54, 1.807) is 38.1 Å². The fourth-order valence-corrected chi connectivity index (χ4v) is 3.51. The second kappa shape index (κ2) is 9.63. The van der Waals surface area contributed by atoms with Crippen molar-refractivity contribution in [1.82, 2.24) is 10.2 Å². The van der Waals surface area contributed by atoms with Crippen LogP contribution in [0.25, 0.3) is 0 Å². The van der Waals surface area contributed by atoms with Gasteiger partial charge in [-0.3, -0.25) is 4.90 Å². The standard InChI is InChI=1S/C22H22ClFN2O4/c1-3-26-18(13-30-15-11-9-14(24)10-12-15)19(21(27)29-4-2)20(25-22(26)28)16-7-5-6-8-17(16)23/h5-12,20H,3-4,13H2,1-2H3,(H,25,28). The summed E-state index contributed by atoms with van der Waals surface area (Å²) >= 11 is 6.35. The van der Waals surface area contributed by atoms with E-state index < -0.39 is 12.0 Å². The van der Waals surface area contributed by atoms with Crippen LogP contribution >= 0.6 is 11.6 Å². The Labute approximate surface area is 179 Å². The molecule has 1 aliphatic rings. The van der Waals surface area contributed by atoms with Gasteiger partial charge in [-0.2, -0.15) is 0 Å². The number of carbonyl (C=O) groups is 2. The molecule has 0 bridgehead atoms. The molecule has 30 heavy (non-hydrogen) atoms. The number of nitrogens with one attached hydrogen (secondary N) is 1. The number of carbonyl (C=O) groups excluding carboxylic acids is 2. The molecular weight excluding hydrogens is 411 g/mol. The molecule has 1 unspecified atom stereocenters. The highest BCUT2D eigenvalue weighted by Gasteiger charge is 2.38. The molecule has 0 saturated heterocycles. The molecule has 1 aliphatic heterocycles. The van der Waals surface area contributed by atoms with Gasteiger partial charge in [0.1, 0.15) is 18.2 Å². The third-order valence-corrected chi connectivity index (χ3v) is 5.00. The largest absolute Gasteiger partial charge is 0.487 e. The molecule has 2 amide bonds. The summed E-state index contributed by atoms with van der Waals surface area (Å²) in [5.41, 5.74) is 1.19. The van der Waals surface area contributed by atoms with Crippen molar-refractivity contribution in [3.8, 4) is 5.75 Å². The van der Waals surface area contributed by atoms with Gasteiger partial charge >= 0.3 is 12.0 Å². The van der Waals surface area contributed by atoms with Crippen molar-refractivity contribution >= 4 is 23.6 Å². The molecule has 0 radical (unpaired) electrons. The van der Waals surface area contributed by atoms with E-state index in [1.165, 1.54) is 29.2 Å². The van der Waals surface area contributed by atoms with Crippen LogP contribution in [0.2, 0.25) is 5.02 Å². The van der Waals surface area contributed by atoms with Crippen LogP contribution in [0.3, 0.4) is 0 Å². The topological polar surface area (TPSA) is 67.9 Å². The van der Waals surface area contributed by atoms with Crippen LogP contribution in [-0.2, 0) is 9.53 Å². The van der Waals surface area contributed by atoms with Gasteiger partial charge in [0.25, 0.3) is 0 Å². The predicted molar refractivity (Wildman–Crippen MR) is 111 cm³/mol. The number of ether oxygens (including phenoxy) is 2. The lowest BCUT2D eigenvalue weighted by Gasteiger charge is -2.36. The summed E-state index contributed by atoms with van der Waals surface area (Å²) in [5, 5.41) is 3.25. The van der Waals surface area contributed by atoms with Crippen molar-refractivity contribution in [2.24, 2.45) is 0 Å². The minimum Gasteiger partial charge on any atom is -0.487 e. The van der Waals surface area contributed by atoms with Gasteiger partial charge in [-0.25, -0.2) is 14.0 Å². The molecule has 0 aliphatic carbocycles. The fourth-order valence-electron chi connectivity index (χ4n) is 3.27. The predicted octanol–water partition coefficient (Wildman–Crippen LogP) is 4.46. The molecule has 1 N–H and O–H groups in total. The monoisotopic (exact) mass is 432 g/mol. The number of likely N-dealkylation sites (N-methyl/N-ethyl adjacent to an activating group) is 1. The third kappa shape index (κ3) is 4.57. The molecule has 0 spiro atoms. The van der Waals surface area contributed by atoms with Crippen LogP contribution in [0.5, 0.6) is 5.75 Å². The van der Waals surface area contributed by atoms with Crippen LogP contribution in [0, 0.1) is 5.82 Å². The van der Waals surface area contributed by atoms with E-state index in [0.717, 1.165) is 0 Å². The summed E-state index contributed by atoms with van der Waals surface area (Å²) in [4.78, 5) is 27.1. The van der Waals surface area contributed by atoms with Crippen molar-refractivity contribution in [1.29, 1.82) is 0 Å². The van der Waals surface area contributed by atoms with E-state index >= 15 is 0 Å². The van der Waals surface area contributed by atoms with Crippen molar-refractivity contribution < 1.29 is 23.5 Å². The lowest BCUT2D eigenvalue weighted by molar-refractivity contribution is -0.139. The summed E-state index contributed by atoms with van der Waals surface area (Å²) in [6.07, 6.45) is 0. The maximum absolute atomic E-state index is 13.2. The van der Waals surface area contributed by atoms with Crippen molar-refractivity contribution in [3.05, 3.63) is 76.2 Å². The molecule has 2 aromatic carbocycles. The maximum atomic E-state index is 13.2. The minimum absolute atomic E-state index is 0.0814.